The first-order chi connectivity index (χ1) is 9.66. The van der Waals surface area contributed by atoms with Gasteiger partial charge >= 0.3 is 0 Å². The van der Waals surface area contributed by atoms with Crippen LogP contribution in [0.5, 0.6) is 0 Å². The fraction of sp³-hybridized carbons (Fsp3) is 0.176. The van der Waals surface area contributed by atoms with Crippen molar-refractivity contribution in [3.8, 4) is 0 Å². The molecule has 0 aliphatic carbocycles. The van der Waals surface area contributed by atoms with E-state index in [4.69, 9.17) is 0 Å². The molecule has 0 heterocycles. The van der Waals surface area contributed by atoms with Gasteiger partial charge in [-0.05, 0) is 17.7 Å². The summed E-state index contributed by atoms with van der Waals surface area (Å²) in [7, 11) is 0. The summed E-state index contributed by atoms with van der Waals surface area (Å²) >= 11 is 0. The number of carbonyl (C=O) groups excluding carboxylic acids is 1. The number of benzene rings is 2. The zero-order valence-electron chi connectivity index (χ0n) is 11.3. The second kappa shape index (κ2) is 6.75. The summed E-state index contributed by atoms with van der Waals surface area (Å²) in [6, 6.07) is 15.5. The standard InChI is InChI=1S/C17H16FNO/c1-13(11-19-12-14-6-3-2-4-7-14)17(20)15-8-5-9-16(18)10-15/h2-10,12-13H,11H2,1H3. The van der Waals surface area contributed by atoms with Gasteiger partial charge in [0, 0.05) is 24.2 Å². The molecule has 0 saturated heterocycles. The minimum absolute atomic E-state index is 0.0882. The zero-order chi connectivity index (χ0) is 14.4. The predicted molar refractivity (Wildman–Crippen MR) is 78.8 cm³/mol. The summed E-state index contributed by atoms with van der Waals surface area (Å²) in [5.41, 5.74) is 1.39. The number of ketones is 1. The maximum Gasteiger partial charge on any atom is 0.167 e. The molecule has 1 unspecified atom stereocenters. The molecule has 2 aromatic carbocycles. The number of Topliss-reactive ketones (excluding diaryl/α,β-unsaturated/α-hetero) is 1. The van der Waals surface area contributed by atoms with Crippen molar-refractivity contribution in [1.82, 2.24) is 0 Å². The monoisotopic (exact) mass is 269 g/mol. The Morgan fingerprint density at radius 1 is 1.20 bits per heavy atom. The maximum absolute atomic E-state index is 13.1. The molecule has 20 heavy (non-hydrogen) atoms. The molecule has 0 aromatic heterocycles. The third-order valence-corrected chi connectivity index (χ3v) is 2.98. The third kappa shape index (κ3) is 3.85. The molecule has 0 aliphatic rings. The van der Waals surface area contributed by atoms with Crippen LogP contribution in [0.2, 0.25) is 0 Å². The Hall–Kier alpha value is -2.29. The number of hydrogen-bond acceptors (Lipinski definition) is 2. The van der Waals surface area contributed by atoms with Gasteiger partial charge in [-0.15, -0.1) is 0 Å². The van der Waals surface area contributed by atoms with Crippen molar-refractivity contribution in [2.75, 3.05) is 6.54 Å². The van der Waals surface area contributed by atoms with E-state index >= 15 is 0 Å². The minimum atomic E-state index is -0.393. The normalized spacial score (nSPS) is 12.5. The van der Waals surface area contributed by atoms with Gasteiger partial charge in [0.05, 0.1) is 0 Å². The number of nitrogens with zero attached hydrogens (tertiary/aromatic N) is 1. The number of rotatable bonds is 5. The molecule has 3 heteroatoms. The highest BCUT2D eigenvalue weighted by atomic mass is 19.1. The van der Waals surface area contributed by atoms with Crippen LogP contribution < -0.4 is 0 Å². The number of hydrogen-bond donors (Lipinski definition) is 0. The molecule has 0 saturated carbocycles. The van der Waals surface area contributed by atoms with Gasteiger partial charge in [0.15, 0.2) is 5.78 Å². The van der Waals surface area contributed by atoms with Crippen molar-refractivity contribution in [3.63, 3.8) is 0 Å². The van der Waals surface area contributed by atoms with Crippen LogP contribution in [0.15, 0.2) is 59.6 Å². The van der Waals surface area contributed by atoms with Crippen LogP contribution in [-0.2, 0) is 0 Å². The number of aliphatic imine (C=N–C) groups is 1. The molecule has 0 radical (unpaired) electrons. The van der Waals surface area contributed by atoms with Crippen molar-refractivity contribution in [3.05, 3.63) is 71.5 Å². The SMILES string of the molecule is CC(CN=Cc1ccccc1)C(=O)c1cccc(F)c1. The number of carbonyl (C=O) groups is 1. The first-order valence-corrected chi connectivity index (χ1v) is 6.51. The first kappa shape index (κ1) is 14.1. The molecule has 2 aromatic rings. The Kier molecular flexibility index (Phi) is 4.77. The average Bonchev–Trinajstić information content (AvgIpc) is 2.47. The van der Waals surface area contributed by atoms with Gasteiger partial charge in [0.25, 0.3) is 0 Å². The molecule has 0 amide bonds. The van der Waals surface area contributed by atoms with E-state index in [0.717, 1.165) is 5.56 Å². The Bertz CT molecular complexity index is 607. The van der Waals surface area contributed by atoms with Crippen molar-refractivity contribution >= 4 is 12.0 Å². The minimum Gasteiger partial charge on any atom is -0.294 e. The smallest absolute Gasteiger partial charge is 0.167 e. The van der Waals surface area contributed by atoms with Crippen molar-refractivity contribution in [2.24, 2.45) is 10.9 Å². The third-order valence-electron chi connectivity index (χ3n) is 2.98. The van der Waals surface area contributed by atoms with Gasteiger partial charge in [-0.1, -0.05) is 49.4 Å². The molecule has 0 aliphatic heterocycles. The lowest BCUT2D eigenvalue weighted by molar-refractivity contribution is 0.0934. The van der Waals surface area contributed by atoms with E-state index in [1.165, 1.54) is 12.1 Å². The Balaban J connectivity index is 1.96. The van der Waals surface area contributed by atoms with Gasteiger partial charge < -0.3 is 0 Å². The van der Waals surface area contributed by atoms with Gasteiger partial charge in [-0.25, -0.2) is 4.39 Å². The molecule has 0 spiro atoms. The van der Waals surface area contributed by atoms with Gasteiger partial charge in [0.2, 0.25) is 0 Å². The molecule has 0 fully saturated rings. The highest BCUT2D eigenvalue weighted by molar-refractivity contribution is 5.97. The van der Waals surface area contributed by atoms with Gasteiger partial charge in [-0.3, -0.25) is 9.79 Å². The molecule has 2 nitrogen and oxygen atoms in total. The molecule has 1 atom stereocenters. The fourth-order valence-electron chi connectivity index (χ4n) is 1.86. The summed E-state index contributed by atoms with van der Waals surface area (Å²) in [6.45, 7) is 2.19. The zero-order valence-corrected chi connectivity index (χ0v) is 11.3. The Morgan fingerprint density at radius 3 is 2.65 bits per heavy atom. The largest absolute Gasteiger partial charge is 0.294 e. The molecule has 2 rings (SSSR count). The second-order valence-electron chi connectivity index (χ2n) is 4.68. The van der Waals surface area contributed by atoms with Gasteiger partial charge in [0.1, 0.15) is 5.82 Å². The first-order valence-electron chi connectivity index (χ1n) is 6.51. The quantitative estimate of drug-likeness (QED) is 0.600. The van der Waals surface area contributed by atoms with Gasteiger partial charge in [-0.2, -0.15) is 0 Å². The van der Waals surface area contributed by atoms with Crippen molar-refractivity contribution in [2.45, 2.75) is 6.92 Å². The molecule has 0 bridgehead atoms. The molecule has 102 valence electrons. The molecular weight excluding hydrogens is 253 g/mol. The van der Waals surface area contributed by atoms with Crippen LogP contribution in [0.1, 0.15) is 22.8 Å². The van der Waals surface area contributed by atoms with Crippen LogP contribution >= 0.6 is 0 Å². The summed E-state index contributed by atoms with van der Waals surface area (Å²) in [5.74, 6) is -0.748. The van der Waals surface area contributed by atoms with E-state index in [0.29, 0.717) is 12.1 Å². The fourth-order valence-corrected chi connectivity index (χ4v) is 1.86. The second-order valence-corrected chi connectivity index (χ2v) is 4.68. The van der Waals surface area contributed by atoms with E-state index in [1.807, 2.05) is 30.3 Å². The van der Waals surface area contributed by atoms with E-state index in [1.54, 1.807) is 25.3 Å². The highest BCUT2D eigenvalue weighted by Crippen LogP contribution is 2.11. The summed E-state index contributed by atoms with van der Waals surface area (Å²) in [5, 5.41) is 0. The summed E-state index contributed by atoms with van der Waals surface area (Å²) in [6.07, 6.45) is 1.75. The molecule has 0 N–H and O–H groups in total. The summed E-state index contributed by atoms with van der Waals surface area (Å²) < 4.78 is 13.1. The maximum atomic E-state index is 13.1. The van der Waals surface area contributed by atoms with E-state index < -0.39 is 5.82 Å². The van der Waals surface area contributed by atoms with Crippen LogP contribution in [0.3, 0.4) is 0 Å². The van der Waals surface area contributed by atoms with Crippen LogP contribution in [-0.4, -0.2) is 18.5 Å². The van der Waals surface area contributed by atoms with Crippen molar-refractivity contribution in [1.29, 1.82) is 0 Å². The van der Waals surface area contributed by atoms with E-state index in [-0.39, 0.29) is 11.7 Å². The van der Waals surface area contributed by atoms with E-state index in [2.05, 4.69) is 4.99 Å². The highest BCUT2D eigenvalue weighted by Gasteiger charge is 2.14. The summed E-state index contributed by atoms with van der Waals surface area (Å²) in [4.78, 5) is 16.4. The molecular formula is C17H16FNO. The van der Waals surface area contributed by atoms with Crippen molar-refractivity contribution < 1.29 is 9.18 Å². The predicted octanol–water partition coefficient (Wildman–Crippen LogP) is 3.76. The van der Waals surface area contributed by atoms with E-state index in [9.17, 15) is 9.18 Å². The lowest BCUT2D eigenvalue weighted by Gasteiger charge is -2.07. The lowest BCUT2D eigenvalue weighted by Crippen LogP contribution is -2.14. The average molecular weight is 269 g/mol. The van der Waals surface area contributed by atoms with Crippen LogP contribution in [0.4, 0.5) is 4.39 Å². The topological polar surface area (TPSA) is 29.4 Å². The number of halogens is 1. The Labute approximate surface area is 118 Å². The van der Waals surface area contributed by atoms with Crippen LogP contribution in [0, 0.1) is 11.7 Å². The lowest BCUT2D eigenvalue weighted by atomic mass is 9.99. The Morgan fingerprint density at radius 2 is 1.95 bits per heavy atom. The van der Waals surface area contributed by atoms with Crippen LogP contribution in [0.25, 0.3) is 0 Å².